The average Bonchev–Trinajstić information content (AvgIpc) is 3.33. The normalized spacial score (nSPS) is 22.3. The molecule has 2 unspecified atom stereocenters. The Hall–Kier alpha value is -2.80. The van der Waals surface area contributed by atoms with Crippen LogP contribution in [-0.4, -0.2) is 77.4 Å². The molecule has 0 aliphatic carbocycles. The molecule has 0 saturated carbocycles. The van der Waals surface area contributed by atoms with Gasteiger partial charge in [-0.15, -0.1) is 0 Å². The second kappa shape index (κ2) is 9.82. The van der Waals surface area contributed by atoms with Crippen LogP contribution >= 0.6 is 0 Å². The van der Waals surface area contributed by atoms with Crippen molar-refractivity contribution in [3.63, 3.8) is 0 Å². The van der Waals surface area contributed by atoms with E-state index in [-0.39, 0.29) is 42.1 Å². The molecule has 2 amide bonds. The van der Waals surface area contributed by atoms with Gasteiger partial charge in [0.25, 0.3) is 5.91 Å². The summed E-state index contributed by atoms with van der Waals surface area (Å²) in [6.45, 7) is 3.52. The van der Waals surface area contributed by atoms with Crippen LogP contribution in [0.1, 0.15) is 26.7 Å². The van der Waals surface area contributed by atoms with Gasteiger partial charge in [-0.3, -0.25) is 9.59 Å². The van der Waals surface area contributed by atoms with Crippen molar-refractivity contribution >= 4 is 43.0 Å². The molecule has 2 heterocycles. The van der Waals surface area contributed by atoms with Gasteiger partial charge in [0.05, 0.1) is 22.3 Å². The number of amides is 2. The molecule has 0 radical (unpaired) electrons. The Morgan fingerprint density at radius 1 is 0.946 bits per heavy atom. The predicted octanol–water partition coefficient (Wildman–Crippen LogP) is 2.24. The van der Waals surface area contributed by atoms with Crippen molar-refractivity contribution in [3.05, 3.63) is 42.5 Å². The van der Waals surface area contributed by atoms with Gasteiger partial charge in [0.15, 0.2) is 15.3 Å². The molecular formula is C25H31N3O7S2. The number of rotatable bonds is 5. The molecule has 200 valence electrons. The van der Waals surface area contributed by atoms with Crippen molar-refractivity contribution in [2.75, 3.05) is 36.7 Å². The summed E-state index contributed by atoms with van der Waals surface area (Å²) in [6, 6.07) is 11.5. The highest BCUT2D eigenvalue weighted by atomic mass is 32.2. The first kappa shape index (κ1) is 27.2. The smallest absolute Gasteiger partial charge is 0.256 e. The third kappa shape index (κ3) is 5.15. The molecular weight excluding hydrogens is 518 g/mol. The van der Waals surface area contributed by atoms with E-state index in [1.54, 1.807) is 34.1 Å². The topological polar surface area (TPSA) is 121 Å². The van der Waals surface area contributed by atoms with Crippen molar-refractivity contribution in [3.8, 4) is 11.1 Å². The summed E-state index contributed by atoms with van der Waals surface area (Å²) in [5.41, 5.74) is 1.45. The van der Waals surface area contributed by atoms with Gasteiger partial charge in [-0.2, -0.15) is 0 Å². The van der Waals surface area contributed by atoms with E-state index >= 15 is 0 Å². The minimum Gasteiger partial charge on any atom is -0.348 e. The SMILES string of the molecule is CC(=O)N1c2ccc(-c3ccc(S(C)(=O)=O)cc3)cc2N(C(=O)C2CCC(S(=O)(=O)N(C)C)O2)C[C@@H]1C. The van der Waals surface area contributed by atoms with Crippen molar-refractivity contribution in [2.24, 2.45) is 0 Å². The van der Waals surface area contributed by atoms with Crippen molar-refractivity contribution in [1.29, 1.82) is 0 Å². The molecule has 2 aromatic carbocycles. The van der Waals surface area contributed by atoms with Gasteiger partial charge < -0.3 is 14.5 Å². The Bertz CT molecular complexity index is 1440. The molecule has 1 fully saturated rings. The first-order valence-corrected chi connectivity index (χ1v) is 15.2. The molecule has 2 aliphatic rings. The van der Waals surface area contributed by atoms with Gasteiger partial charge in [-0.1, -0.05) is 18.2 Å². The standard InChI is InChI=1S/C25H31N3O7S2/c1-16-15-27(25(30)23-12-13-24(35-23)37(33,34)26(3)4)22-14-19(8-11-21(22)28(16)17(2)29)18-6-9-20(10-7-18)36(5,31)32/h6-11,14,16,23-24H,12-13,15H2,1-5H3/t16-,23?,24?/m0/s1. The lowest BCUT2D eigenvalue weighted by Crippen LogP contribution is -2.53. The number of sulfone groups is 1. The number of carbonyl (C=O) groups excluding carboxylic acids is 2. The van der Waals surface area contributed by atoms with E-state index in [1.807, 2.05) is 13.0 Å². The lowest BCUT2D eigenvalue weighted by Gasteiger charge is -2.41. The number of carbonyl (C=O) groups is 2. The zero-order valence-electron chi connectivity index (χ0n) is 21.4. The Labute approximate surface area is 217 Å². The van der Waals surface area contributed by atoms with Crippen LogP contribution in [0.2, 0.25) is 0 Å². The van der Waals surface area contributed by atoms with Gasteiger partial charge in [0, 0.05) is 33.8 Å². The molecule has 0 aromatic heterocycles. The van der Waals surface area contributed by atoms with Crippen LogP contribution < -0.4 is 9.80 Å². The van der Waals surface area contributed by atoms with Gasteiger partial charge in [0.1, 0.15) is 6.10 Å². The molecule has 3 atom stereocenters. The van der Waals surface area contributed by atoms with Crippen molar-refractivity contribution < 1.29 is 31.2 Å². The van der Waals surface area contributed by atoms with E-state index in [4.69, 9.17) is 4.74 Å². The lowest BCUT2D eigenvalue weighted by molar-refractivity contribution is -0.128. The maximum absolute atomic E-state index is 13.7. The van der Waals surface area contributed by atoms with Crippen LogP contribution in [0.5, 0.6) is 0 Å². The first-order valence-electron chi connectivity index (χ1n) is 11.8. The molecule has 0 bridgehead atoms. The zero-order chi connectivity index (χ0) is 27.3. The first-order chi connectivity index (χ1) is 17.2. The Morgan fingerprint density at radius 2 is 1.57 bits per heavy atom. The van der Waals surface area contributed by atoms with Gasteiger partial charge in [-0.05, 0) is 55.2 Å². The van der Waals surface area contributed by atoms with Crippen molar-refractivity contribution in [2.45, 2.75) is 49.2 Å². The van der Waals surface area contributed by atoms with E-state index in [1.165, 1.54) is 33.2 Å². The quantitative estimate of drug-likeness (QED) is 0.561. The van der Waals surface area contributed by atoms with Crippen LogP contribution in [0.3, 0.4) is 0 Å². The highest BCUT2D eigenvalue weighted by molar-refractivity contribution is 7.90. The van der Waals surface area contributed by atoms with Gasteiger partial charge in [0.2, 0.25) is 15.9 Å². The molecule has 10 nitrogen and oxygen atoms in total. The summed E-state index contributed by atoms with van der Waals surface area (Å²) in [4.78, 5) is 29.5. The fourth-order valence-electron chi connectivity index (χ4n) is 4.80. The molecule has 37 heavy (non-hydrogen) atoms. The third-order valence-electron chi connectivity index (χ3n) is 6.73. The van der Waals surface area contributed by atoms with Crippen LogP contribution in [-0.2, 0) is 34.2 Å². The van der Waals surface area contributed by atoms with E-state index in [0.29, 0.717) is 11.4 Å². The second-order valence-electron chi connectivity index (χ2n) is 9.65. The van der Waals surface area contributed by atoms with Gasteiger partial charge >= 0.3 is 0 Å². The number of anilines is 2. The summed E-state index contributed by atoms with van der Waals surface area (Å²) in [6.07, 6.45) is 0.682. The van der Waals surface area contributed by atoms with Gasteiger partial charge in [-0.25, -0.2) is 21.1 Å². The second-order valence-corrected chi connectivity index (χ2v) is 13.9. The molecule has 0 spiro atoms. The Balaban J connectivity index is 1.71. The lowest BCUT2D eigenvalue weighted by atomic mass is 10.00. The van der Waals surface area contributed by atoms with E-state index < -0.39 is 31.4 Å². The number of benzene rings is 2. The third-order valence-corrected chi connectivity index (χ3v) is 9.89. The van der Waals surface area contributed by atoms with E-state index in [9.17, 15) is 26.4 Å². The minimum atomic E-state index is -3.68. The number of sulfonamides is 1. The summed E-state index contributed by atoms with van der Waals surface area (Å²) in [7, 11) is -4.17. The summed E-state index contributed by atoms with van der Waals surface area (Å²) in [5.74, 6) is -0.530. The fourth-order valence-corrected chi connectivity index (χ4v) is 6.61. The Kier molecular flexibility index (Phi) is 7.23. The number of hydrogen-bond acceptors (Lipinski definition) is 7. The molecule has 4 rings (SSSR count). The number of fused-ring (bicyclic) bond motifs is 1. The predicted molar refractivity (Wildman–Crippen MR) is 140 cm³/mol. The monoisotopic (exact) mass is 549 g/mol. The minimum absolute atomic E-state index is 0.166. The van der Waals surface area contributed by atoms with Crippen LogP contribution in [0.25, 0.3) is 11.1 Å². The van der Waals surface area contributed by atoms with E-state index in [0.717, 1.165) is 21.7 Å². The number of hydrogen-bond donors (Lipinski definition) is 0. The Morgan fingerprint density at radius 3 is 2.14 bits per heavy atom. The van der Waals surface area contributed by atoms with Crippen LogP contribution in [0.4, 0.5) is 11.4 Å². The summed E-state index contributed by atoms with van der Waals surface area (Å²) >= 11 is 0. The van der Waals surface area contributed by atoms with Crippen LogP contribution in [0.15, 0.2) is 47.4 Å². The number of ether oxygens (including phenoxy) is 1. The van der Waals surface area contributed by atoms with Crippen LogP contribution in [0, 0.1) is 0 Å². The molecule has 1 saturated heterocycles. The van der Waals surface area contributed by atoms with Crippen molar-refractivity contribution in [1.82, 2.24) is 4.31 Å². The maximum Gasteiger partial charge on any atom is 0.256 e. The number of nitrogens with zero attached hydrogens (tertiary/aromatic N) is 3. The largest absolute Gasteiger partial charge is 0.348 e. The zero-order valence-corrected chi connectivity index (χ0v) is 23.0. The maximum atomic E-state index is 13.7. The van der Waals surface area contributed by atoms with E-state index in [2.05, 4.69) is 0 Å². The average molecular weight is 550 g/mol. The molecule has 12 heteroatoms. The highest BCUT2D eigenvalue weighted by Gasteiger charge is 2.43. The molecule has 0 N–H and O–H groups in total. The molecule has 2 aromatic rings. The highest BCUT2D eigenvalue weighted by Crippen LogP contribution is 2.40. The summed E-state index contributed by atoms with van der Waals surface area (Å²) in [5, 5.41) is 0. The summed E-state index contributed by atoms with van der Waals surface area (Å²) < 4.78 is 55.5. The molecule has 2 aliphatic heterocycles. The fraction of sp³-hybridized carbons (Fsp3) is 0.440.